The summed E-state index contributed by atoms with van der Waals surface area (Å²) in [6.07, 6.45) is 1.19. The summed E-state index contributed by atoms with van der Waals surface area (Å²) in [5.74, 6) is -0.469. The molecule has 1 saturated heterocycles. The van der Waals surface area contributed by atoms with Crippen LogP contribution >= 0.6 is 0 Å². The summed E-state index contributed by atoms with van der Waals surface area (Å²) in [7, 11) is -3.65. The highest BCUT2D eigenvalue weighted by Gasteiger charge is 2.29. The van der Waals surface area contributed by atoms with Crippen molar-refractivity contribution in [1.82, 2.24) is 4.72 Å². The molecule has 28 heavy (non-hydrogen) atoms. The van der Waals surface area contributed by atoms with E-state index in [0.717, 1.165) is 12.8 Å². The van der Waals surface area contributed by atoms with Crippen LogP contribution in [0.4, 0.5) is 16.2 Å². The molecule has 2 aliphatic rings. The van der Waals surface area contributed by atoms with Gasteiger partial charge in [-0.05, 0) is 43.2 Å². The van der Waals surface area contributed by atoms with Crippen molar-refractivity contribution in [1.29, 1.82) is 0 Å². The van der Waals surface area contributed by atoms with E-state index in [2.05, 4.69) is 10.0 Å². The third kappa shape index (κ3) is 3.85. The highest BCUT2D eigenvalue weighted by atomic mass is 32.2. The molecular weight excluding hydrogens is 382 g/mol. The number of cyclic esters (lactones) is 1. The Kier molecular flexibility index (Phi) is 4.78. The molecule has 2 fully saturated rings. The van der Waals surface area contributed by atoms with Gasteiger partial charge in [0.25, 0.3) is 5.91 Å². The average molecular weight is 401 g/mol. The van der Waals surface area contributed by atoms with Crippen LogP contribution in [-0.4, -0.2) is 39.6 Å². The van der Waals surface area contributed by atoms with Gasteiger partial charge < -0.3 is 10.1 Å². The van der Waals surface area contributed by atoms with Gasteiger partial charge >= 0.3 is 6.09 Å². The minimum absolute atomic E-state index is 0.0189. The first kappa shape index (κ1) is 18.5. The number of anilines is 2. The molecule has 8 nitrogen and oxygen atoms in total. The Morgan fingerprint density at radius 3 is 2.61 bits per heavy atom. The van der Waals surface area contributed by atoms with Gasteiger partial charge in [-0.3, -0.25) is 9.69 Å². The first-order valence-electron chi connectivity index (χ1n) is 8.91. The van der Waals surface area contributed by atoms with E-state index in [1.165, 1.54) is 29.2 Å². The lowest BCUT2D eigenvalue weighted by molar-refractivity contribution is 0.102. The van der Waals surface area contributed by atoms with Crippen LogP contribution in [0.2, 0.25) is 0 Å². The minimum atomic E-state index is -3.65. The third-order valence-electron chi connectivity index (χ3n) is 4.51. The number of ether oxygens (including phenoxy) is 1. The summed E-state index contributed by atoms with van der Waals surface area (Å²) < 4.78 is 32.3. The lowest BCUT2D eigenvalue weighted by atomic mass is 10.2. The summed E-state index contributed by atoms with van der Waals surface area (Å²) in [6, 6.07) is 12.7. The van der Waals surface area contributed by atoms with Crippen molar-refractivity contribution in [3.8, 4) is 0 Å². The molecule has 2 N–H and O–H groups in total. The molecule has 0 atom stereocenters. The van der Waals surface area contributed by atoms with E-state index in [1.807, 2.05) is 0 Å². The Balaban J connectivity index is 1.56. The molecule has 1 aliphatic carbocycles. The smallest absolute Gasteiger partial charge is 0.414 e. The van der Waals surface area contributed by atoms with E-state index >= 15 is 0 Å². The van der Waals surface area contributed by atoms with Gasteiger partial charge in [-0.1, -0.05) is 18.2 Å². The molecule has 4 rings (SSSR count). The number of hydrogen-bond donors (Lipinski definition) is 2. The number of carbonyl (C=O) groups is 2. The summed E-state index contributed by atoms with van der Waals surface area (Å²) in [5.41, 5.74) is 1.17. The third-order valence-corrected chi connectivity index (χ3v) is 6.03. The summed E-state index contributed by atoms with van der Waals surface area (Å²) >= 11 is 0. The number of benzene rings is 2. The van der Waals surface area contributed by atoms with Crippen LogP contribution in [0.5, 0.6) is 0 Å². The standard InChI is InChI=1S/C19H19N3O5S/c23-18(13-4-3-5-15(12-13)28(25,26)21-14-8-9-14)20-16-6-1-2-7-17(16)22-10-11-27-19(22)24/h1-7,12,14,21H,8-11H2,(H,20,23). The molecule has 0 unspecified atom stereocenters. The molecular formula is C19H19N3O5S. The fourth-order valence-corrected chi connectivity index (χ4v) is 4.27. The Morgan fingerprint density at radius 1 is 1.11 bits per heavy atom. The SMILES string of the molecule is O=C(Nc1ccccc1N1CCOC1=O)c1cccc(S(=O)(=O)NC2CC2)c1. The van der Waals surface area contributed by atoms with E-state index in [0.29, 0.717) is 17.9 Å². The van der Waals surface area contributed by atoms with Crippen molar-refractivity contribution in [3.63, 3.8) is 0 Å². The number of para-hydroxylation sites is 2. The van der Waals surface area contributed by atoms with E-state index in [1.54, 1.807) is 24.3 Å². The fraction of sp³-hybridized carbons (Fsp3) is 0.263. The lowest BCUT2D eigenvalue weighted by Crippen LogP contribution is -2.26. The largest absolute Gasteiger partial charge is 0.447 e. The molecule has 146 valence electrons. The van der Waals surface area contributed by atoms with Crippen LogP contribution in [-0.2, 0) is 14.8 Å². The lowest BCUT2D eigenvalue weighted by Gasteiger charge is -2.17. The molecule has 0 bridgehead atoms. The van der Waals surface area contributed by atoms with Crippen LogP contribution in [0.3, 0.4) is 0 Å². The second kappa shape index (κ2) is 7.25. The molecule has 1 saturated carbocycles. The van der Waals surface area contributed by atoms with Gasteiger partial charge in [-0.15, -0.1) is 0 Å². The van der Waals surface area contributed by atoms with Crippen molar-refractivity contribution in [2.24, 2.45) is 0 Å². The van der Waals surface area contributed by atoms with Crippen molar-refractivity contribution >= 4 is 33.4 Å². The molecule has 0 radical (unpaired) electrons. The molecule has 0 spiro atoms. The number of nitrogens with zero attached hydrogens (tertiary/aromatic N) is 1. The fourth-order valence-electron chi connectivity index (χ4n) is 2.91. The number of rotatable bonds is 6. The maximum Gasteiger partial charge on any atom is 0.414 e. The molecule has 2 aromatic rings. The van der Waals surface area contributed by atoms with Crippen LogP contribution in [0.25, 0.3) is 0 Å². The van der Waals surface area contributed by atoms with Gasteiger partial charge in [0.2, 0.25) is 10.0 Å². The zero-order valence-electron chi connectivity index (χ0n) is 14.9. The molecule has 1 aliphatic heterocycles. The normalized spacial score (nSPS) is 16.7. The topological polar surface area (TPSA) is 105 Å². The van der Waals surface area contributed by atoms with Gasteiger partial charge in [0, 0.05) is 11.6 Å². The number of amides is 2. The second-order valence-electron chi connectivity index (χ2n) is 6.66. The van der Waals surface area contributed by atoms with Gasteiger partial charge in [0.1, 0.15) is 6.61 Å². The summed E-state index contributed by atoms with van der Waals surface area (Å²) in [6.45, 7) is 0.682. The monoisotopic (exact) mass is 401 g/mol. The first-order chi connectivity index (χ1) is 13.4. The van der Waals surface area contributed by atoms with Crippen LogP contribution in [0.1, 0.15) is 23.2 Å². The zero-order valence-corrected chi connectivity index (χ0v) is 15.7. The quantitative estimate of drug-likeness (QED) is 0.773. The maximum absolute atomic E-state index is 12.7. The van der Waals surface area contributed by atoms with Crippen molar-refractivity contribution in [3.05, 3.63) is 54.1 Å². The van der Waals surface area contributed by atoms with Crippen molar-refractivity contribution in [2.75, 3.05) is 23.4 Å². The highest BCUT2D eigenvalue weighted by Crippen LogP contribution is 2.28. The Labute approximate surface area is 162 Å². The van der Waals surface area contributed by atoms with Gasteiger partial charge in [-0.2, -0.15) is 0 Å². The number of carbonyl (C=O) groups excluding carboxylic acids is 2. The predicted octanol–water partition coefficient (Wildman–Crippen LogP) is 2.34. The van der Waals surface area contributed by atoms with Crippen molar-refractivity contribution in [2.45, 2.75) is 23.8 Å². The van der Waals surface area contributed by atoms with Gasteiger partial charge in [0.15, 0.2) is 0 Å². The minimum Gasteiger partial charge on any atom is -0.447 e. The number of sulfonamides is 1. The Hall–Kier alpha value is -2.91. The number of nitrogens with one attached hydrogen (secondary N) is 2. The van der Waals surface area contributed by atoms with E-state index < -0.39 is 22.0 Å². The Morgan fingerprint density at radius 2 is 1.89 bits per heavy atom. The zero-order chi connectivity index (χ0) is 19.7. The van der Waals surface area contributed by atoms with E-state index in [-0.39, 0.29) is 23.1 Å². The molecule has 2 aromatic carbocycles. The van der Waals surface area contributed by atoms with Gasteiger partial charge in [0.05, 0.1) is 22.8 Å². The molecule has 1 heterocycles. The number of hydrogen-bond acceptors (Lipinski definition) is 5. The van der Waals surface area contributed by atoms with E-state index in [9.17, 15) is 18.0 Å². The van der Waals surface area contributed by atoms with Crippen LogP contribution < -0.4 is 14.9 Å². The Bertz CT molecular complexity index is 1030. The molecule has 2 amide bonds. The van der Waals surface area contributed by atoms with Crippen molar-refractivity contribution < 1.29 is 22.7 Å². The van der Waals surface area contributed by atoms with Crippen LogP contribution in [0.15, 0.2) is 53.4 Å². The average Bonchev–Trinajstić information content (AvgIpc) is 3.39. The summed E-state index contributed by atoms with van der Waals surface area (Å²) in [4.78, 5) is 26.0. The molecule has 9 heteroatoms. The first-order valence-corrected chi connectivity index (χ1v) is 10.4. The maximum atomic E-state index is 12.7. The summed E-state index contributed by atoms with van der Waals surface area (Å²) in [5, 5.41) is 2.75. The highest BCUT2D eigenvalue weighted by molar-refractivity contribution is 7.89. The van der Waals surface area contributed by atoms with Crippen LogP contribution in [0, 0.1) is 0 Å². The van der Waals surface area contributed by atoms with Gasteiger partial charge in [-0.25, -0.2) is 17.9 Å². The second-order valence-corrected chi connectivity index (χ2v) is 8.37. The molecule has 0 aromatic heterocycles. The van der Waals surface area contributed by atoms with E-state index in [4.69, 9.17) is 4.74 Å². The predicted molar refractivity (Wildman–Crippen MR) is 103 cm³/mol.